The van der Waals surface area contributed by atoms with Crippen LogP contribution in [0, 0.1) is 46.3 Å². The molecule has 0 spiro atoms. The molecule has 0 radical (unpaired) electrons. The van der Waals surface area contributed by atoms with E-state index in [0.717, 1.165) is 42.4 Å². The molecule has 1 nitrogen and oxygen atoms in total. The fourth-order valence-corrected chi connectivity index (χ4v) is 8.29. The molecule has 0 aliphatic heterocycles. The highest BCUT2D eigenvalue weighted by molar-refractivity contribution is 5.25. The van der Waals surface area contributed by atoms with E-state index in [2.05, 4.69) is 60.3 Å². The third kappa shape index (κ3) is 4.35. The van der Waals surface area contributed by atoms with Crippen molar-refractivity contribution in [2.75, 3.05) is 0 Å². The van der Waals surface area contributed by atoms with Gasteiger partial charge in [-0.1, -0.05) is 72.1 Å². The topological polar surface area (TPSA) is 20.2 Å². The molecule has 4 aliphatic rings. The first-order valence-corrected chi connectivity index (χ1v) is 13.2. The Morgan fingerprint density at radius 3 is 2.43 bits per heavy atom. The van der Waals surface area contributed by atoms with Gasteiger partial charge >= 0.3 is 0 Å². The average Bonchev–Trinajstić information content (AvgIpc) is 3.05. The van der Waals surface area contributed by atoms with Gasteiger partial charge < -0.3 is 5.11 Å². The van der Waals surface area contributed by atoms with E-state index >= 15 is 0 Å². The monoisotopic (exact) mass is 414 g/mol. The number of hydrogen-bond donors (Lipinski definition) is 1. The van der Waals surface area contributed by atoms with Crippen molar-refractivity contribution in [1.82, 2.24) is 0 Å². The van der Waals surface area contributed by atoms with Crippen molar-refractivity contribution in [3.8, 4) is 0 Å². The smallest absolute Gasteiger partial charge is 0.0577 e. The molecule has 8 atom stereocenters. The molecule has 0 bridgehead atoms. The number of fused-ring (bicyclic) bond motifs is 5. The zero-order valence-electron chi connectivity index (χ0n) is 20.9. The van der Waals surface area contributed by atoms with E-state index in [1.54, 1.807) is 5.57 Å². The fourth-order valence-electron chi connectivity index (χ4n) is 8.29. The quantitative estimate of drug-likeness (QED) is 0.460. The first-order chi connectivity index (χ1) is 14.2. The van der Waals surface area contributed by atoms with Crippen molar-refractivity contribution in [2.45, 2.75) is 112 Å². The Labute approximate surface area is 187 Å². The molecule has 0 aromatic heterocycles. The summed E-state index contributed by atoms with van der Waals surface area (Å²) in [5, 5.41) is 10.1. The Morgan fingerprint density at radius 2 is 1.83 bits per heavy atom. The van der Waals surface area contributed by atoms with Crippen LogP contribution in [0.2, 0.25) is 0 Å². The van der Waals surface area contributed by atoms with E-state index in [-0.39, 0.29) is 6.10 Å². The van der Waals surface area contributed by atoms with Crippen molar-refractivity contribution in [1.29, 1.82) is 0 Å². The molecule has 30 heavy (non-hydrogen) atoms. The zero-order chi connectivity index (χ0) is 22.1. The van der Waals surface area contributed by atoms with Crippen LogP contribution < -0.4 is 0 Å². The van der Waals surface area contributed by atoms with Crippen molar-refractivity contribution in [2.24, 2.45) is 46.3 Å². The van der Waals surface area contributed by atoms with Crippen LogP contribution in [0.15, 0.2) is 24.3 Å². The normalized spacial score (nSPS) is 43.5. The standard InChI is InChI=1S/C23H36O.C6H14/c1-5-15(2)19-8-9-20-18-7-6-16-14-17(24)10-12-22(16,3)21(18)11-13-23(19,20)4;1-4-5-6(2)3/h5-6,15,17-21,24H,1,7-14H2,2-4H3;6H,4-5H2,1-3H3. The number of aliphatic hydroxyl groups excluding tert-OH is 1. The maximum Gasteiger partial charge on any atom is 0.0577 e. The van der Waals surface area contributed by atoms with Gasteiger partial charge in [0.05, 0.1) is 6.10 Å². The van der Waals surface area contributed by atoms with E-state index < -0.39 is 0 Å². The first kappa shape index (κ1) is 24.1. The highest BCUT2D eigenvalue weighted by atomic mass is 16.3. The lowest BCUT2D eigenvalue weighted by molar-refractivity contribution is -0.0540. The maximum absolute atomic E-state index is 10.1. The average molecular weight is 415 g/mol. The van der Waals surface area contributed by atoms with Crippen molar-refractivity contribution in [3.63, 3.8) is 0 Å². The lowest BCUT2D eigenvalue weighted by Gasteiger charge is -2.58. The number of hydrogen-bond acceptors (Lipinski definition) is 1. The summed E-state index contributed by atoms with van der Waals surface area (Å²) < 4.78 is 0. The lowest BCUT2D eigenvalue weighted by atomic mass is 9.47. The SMILES string of the molecule is C=CC(C)C1CCC2C3CC=C4CC(O)CCC4(C)C3CCC12C.CCCC(C)C. The Bertz CT molecular complexity index is 618. The molecule has 0 saturated heterocycles. The molecule has 0 heterocycles. The molecule has 1 heteroatoms. The molecule has 3 saturated carbocycles. The van der Waals surface area contributed by atoms with Crippen molar-refractivity contribution >= 4 is 0 Å². The Balaban J connectivity index is 0.000000377. The van der Waals surface area contributed by atoms with Gasteiger partial charge in [0.2, 0.25) is 0 Å². The van der Waals surface area contributed by atoms with Gasteiger partial charge in [0.25, 0.3) is 0 Å². The summed E-state index contributed by atoms with van der Waals surface area (Å²) >= 11 is 0. The van der Waals surface area contributed by atoms with E-state index in [0.29, 0.717) is 16.7 Å². The minimum atomic E-state index is -0.0842. The van der Waals surface area contributed by atoms with Crippen LogP contribution in [-0.2, 0) is 0 Å². The van der Waals surface area contributed by atoms with Gasteiger partial charge in [-0.2, -0.15) is 0 Å². The summed E-state index contributed by atoms with van der Waals surface area (Å²) in [6, 6.07) is 0. The molecular formula is C29H50O. The lowest BCUT2D eigenvalue weighted by Crippen LogP contribution is -2.50. The highest BCUT2D eigenvalue weighted by Crippen LogP contribution is 2.67. The fraction of sp³-hybridized carbons (Fsp3) is 0.862. The van der Waals surface area contributed by atoms with E-state index in [1.165, 1.54) is 51.4 Å². The van der Waals surface area contributed by atoms with E-state index in [1.807, 2.05) is 0 Å². The minimum Gasteiger partial charge on any atom is -0.393 e. The van der Waals surface area contributed by atoms with Gasteiger partial charge in [0.15, 0.2) is 0 Å². The molecule has 1 N–H and O–H groups in total. The Morgan fingerprint density at radius 1 is 1.10 bits per heavy atom. The number of aliphatic hydroxyl groups is 1. The number of rotatable bonds is 4. The second-order valence-electron chi connectivity index (χ2n) is 12.2. The van der Waals surface area contributed by atoms with Crippen LogP contribution in [0.4, 0.5) is 0 Å². The third-order valence-corrected chi connectivity index (χ3v) is 10.0. The zero-order valence-corrected chi connectivity index (χ0v) is 20.9. The Kier molecular flexibility index (Phi) is 7.64. The van der Waals surface area contributed by atoms with Gasteiger partial charge in [0, 0.05) is 0 Å². The molecule has 4 aliphatic carbocycles. The predicted octanol–water partition coefficient (Wildman–Crippen LogP) is 8.19. The van der Waals surface area contributed by atoms with Gasteiger partial charge in [-0.25, -0.2) is 0 Å². The van der Waals surface area contributed by atoms with Crippen LogP contribution in [-0.4, -0.2) is 11.2 Å². The van der Waals surface area contributed by atoms with Crippen molar-refractivity contribution < 1.29 is 5.11 Å². The second-order valence-corrected chi connectivity index (χ2v) is 12.2. The summed E-state index contributed by atoms with van der Waals surface area (Å²) in [6.45, 7) is 18.4. The van der Waals surface area contributed by atoms with Gasteiger partial charge in [-0.3, -0.25) is 0 Å². The summed E-state index contributed by atoms with van der Waals surface area (Å²) in [7, 11) is 0. The Hall–Kier alpha value is -0.560. The van der Waals surface area contributed by atoms with Gasteiger partial charge in [-0.05, 0) is 97.7 Å². The largest absolute Gasteiger partial charge is 0.393 e. The number of allylic oxidation sites excluding steroid dienone is 2. The van der Waals surface area contributed by atoms with E-state index in [4.69, 9.17) is 0 Å². The van der Waals surface area contributed by atoms with Crippen LogP contribution in [0.1, 0.15) is 106 Å². The molecule has 0 amide bonds. The molecule has 172 valence electrons. The predicted molar refractivity (Wildman–Crippen MR) is 130 cm³/mol. The summed E-state index contributed by atoms with van der Waals surface area (Å²) in [5.74, 6) is 5.05. The van der Waals surface area contributed by atoms with Crippen LogP contribution in [0.3, 0.4) is 0 Å². The second kappa shape index (κ2) is 9.51. The van der Waals surface area contributed by atoms with Crippen LogP contribution in [0.25, 0.3) is 0 Å². The van der Waals surface area contributed by atoms with Crippen LogP contribution >= 0.6 is 0 Å². The van der Waals surface area contributed by atoms with Gasteiger partial charge in [-0.15, -0.1) is 6.58 Å². The molecule has 4 rings (SSSR count). The highest BCUT2D eigenvalue weighted by Gasteiger charge is 2.58. The summed E-state index contributed by atoms with van der Waals surface area (Å²) in [5.41, 5.74) is 2.51. The van der Waals surface area contributed by atoms with Gasteiger partial charge in [0.1, 0.15) is 0 Å². The van der Waals surface area contributed by atoms with Crippen molar-refractivity contribution in [3.05, 3.63) is 24.3 Å². The van der Waals surface area contributed by atoms with E-state index in [9.17, 15) is 5.11 Å². The maximum atomic E-state index is 10.1. The molecular weight excluding hydrogens is 364 g/mol. The molecule has 8 unspecified atom stereocenters. The first-order valence-electron chi connectivity index (χ1n) is 13.2. The third-order valence-electron chi connectivity index (χ3n) is 10.0. The van der Waals surface area contributed by atoms with Crippen LogP contribution in [0.5, 0.6) is 0 Å². The summed E-state index contributed by atoms with van der Waals surface area (Å²) in [4.78, 5) is 0. The minimum absolute atomic E-state index is 0.0842. The molecule has 3 fully saturated rings. The summed E-state index contributed by atoms with van der Waals surface area (Å²) in [6.07, 6.45) is 17.5. The molecule has 0 aromatic carbocycles. The molecule has 0 aromatic rings.